The quantitative estimate of drug-likeness (QED) is 0.390. The third-order valence-corrected chi connectivity index (χ3v) is 5.89. The fraction of sp³-hybridized carbons (Fsp3) is 0.741. The second-order valence-corrected chi connectivity index (χ2v) is 10.7. The molecule has 0 aromatic heterocycles. The summed E-state index contributed by atoms with van der Waals surface area (Å²) in [5.74, 6) is -0.642. The van der Waals surface area contributed by atoms with Crippen LogP contribution in [0.3, 0.4) is 0 Å². The van der Waals surface area contributed by atoms with Gasteiger partial charge in [-0.15, -0.1) is 0 Å². The summed E-state index contributed by atoms with van der Waals surface area (Å²) in [6.07, 6.45) is 10.2. The summed E-state index contributed by atoms with van der Waals surface area (Å²) >= 11 is 0. The van der Waals surface area contributed by atoms with Gasteiger partial charge in [0.25, 0.3) is 0 Å². The van der Waals surface area contributed by atoms with Gasteiger partial charge < -0.3 is 19.5 Å². The molecule has 182 valence electrons. The highest BCUT2D eigenvalue weighted by molar-refractivity contribution is 5.69. The van der Waals surface area contributed by atoms with Crippen LogP contribution in [0.25, 0.3) is 0 Å². The molecule has 0 radical (unpaired) electrons. The van der Waals surface area contributed by atoms with Gasteiger partial charge in [0.1, 0.15) is 5.60 Å². The highest BCUT2D eigenvalue weighted by Gasteiger charge is 2.41. The average molecular weight is 448 g/mol. The lowest BCUT2D eigenvalue weighted by atomic mass is 9.91. The minimum Gasteiger partial charge on any atom is -0.444 e. The lowest BCUT2D eigenvalue weighted by Gasteiger charge is -2.44. The number of hydrogen-bond acceptors (Lipinski definition) is 4. The minimum atomic E-state index is -0.642. The summed E-state index contributed by atoms with van der Waals surface area (Å²) < 4.78 is 17.3. The molecule has 1 saturated heterocycles. The van der Waals surface area contributed by atoms with E-state index in [0.29, 0.717) is 13.2 Å². The summed E-state index contributed by atoms with van der Waals surface area (Å²) in [5, 5.41) is 3.05. The Balaban J connectivity index is 1.89. The third kappa shape index (κ3) is 9.91. The zero-order valence-electron chi connectivity index (χ0n) is 21.2. The fourth-order valence-corrected chi connectivity index (χ4v) is 3.87. The largest absolute Gasteiger partial charge is 0.444 e. The standard InChI is InChI=1S/C27H45NO4/c1-7-8-9-10-11-12-13-22-14-16-23(17-15-22)18-19-27(20-30-26(5,6)31-21-27)28-24(29)32-25(2,3)4/h14-17H,7-13,18-21H2,1-6H3,(H,28,29). The van der Waals surface area contributed by atoms with Crippen molar-refractivity contribution >= 4 is 6.09 Å². The van der Waals surface area contributed by atoms with Crippen molar-refractivity contribution in [1.29, 1.82) is 0 Å². The van der Waals surface area contributed by atoms with Gasteiger partial charge in [0.05, 0.1) is 18.8 Å². The monoisotopic (exact) mass is 447 g/mol. The summed E-state index contributed by atoms with van der Waals surface area (Å²) in [5.41, 5.74) is 1.51. The molecule has 5 nitrogen and oxygen atoms in total. The number of ether oxygens (including phenoxy) is 3. The lowest BCUT2D eigenvalue weighted by Crippen LogP contribution is -2.61. The van der Waals surface area contributed by atoms with Crippen LogP contribution in [0.1, 0.15) is 97.6 Å². The van der Waals surface area contributed by atoms with E-state index in [4.69, 9.17) is 14.2 Å². The molecule has 1 aromatic rings. The number of carbonyl (C=O) groups is 1. The molecule has 0 spiro atoms. The van der Waals surface area contributed by atoms with Crippen molar-refractivity contribution in [3.63, 3.8) is 0 Å². The maximum Gasteiger partial charge on any atom is 0.408 e. The molecule has 2 rings (SSSR count). The van der Waals surface area contributed by atoms with Gasteiger partial charge in [-0.1, -0.05) is 63.3 Å². The Hall–Kier alpha value is -1.59. The Bertz CT molecular complexity index is 681. The molecule has 0 aliphatic carbocycles. The maximum atomic E-state index is 12.5. The van der Waals surface area contributed by atoms with E-state index < -0.39 is 23.0 Å². The van der Waals surface area contributed by atoms with E-state index in [2.05, 4.69) is 36.5 Å². The molecule has 1 amide bonds. The number of amides is 1. The second-order valence-electron chi connectivity index (χ2n) is 10.7. The minimum absolute atomic E-state index is 0.398. The van der Waals surface area contributed by atoms with Gasteiger partial charge in [0, 0.05) is 0 Å². The first-order chi connectivity index (χ1) is 15.0. The van der Waals surface area contributed by atoms with Crippen LogP contribution in [0, 0.1) is 0 Å². The van der Waals surface area contributed by atoms with Gasteiger partial charge in [0.2, 0.25) is 0 Å². The molecular formula is C27H45NO4. The molecule has 1 heterocycles. The van der Waals surface area contributed by atoms with Crippen molar-refractivity contribution in [3.8, 4) is 0 Å². The smallest absolute Gasteiger partial charge is 0.408 e. The number of rotatable bonds is 11. The Morgan fingerprint density at radius 3 is 2.03 bits per heavy atom. The van der Waals surface area contributed by atoms with Crippen molar-refractivity contribution in [2.45, 2.75) is 116 Å². The number of alkyl carbamates (subject to hydrolysis) is 1. The van der Waals surface area contributed by atoms with E-state index in [9.17, 15) is 4.79 Å². The first-order valence-corrected chi connectivity index (χ1v) is 12.4. The summed E-state index contributed by atoms with van der Waals surface area (Å²) in [7, 11) is 0. The van der Waals surface area contributed by atoms with Crippen molar-refractivity contribution in [2.24, 2.45) is 0 Å². The van der Waals surface area contributed by atoms with Crippen molar-refractivity contribution < 1.29 is 19.0 Å². The van der Waals surface area contributed by atoms with Crippen molar-refractivity contribution in [3.05, 3.63) is 35.4 Å². The zero-order valence-corrected chi connectivity index (χ0v) is 21.2. The average Bonchev–Trinajstić information content (AvgIpc) is 2.71. The molecular weight excluding hydrogens is 402 g/mol. The molecule has 1 aliphatic heterocycles. The molecule has 1 fully saturated rings. The molecule has 0 saturated carbocycles. The van der Waals surface area contributed by atoms with Gasteiger partial charge in [-0.2, -0.15) is 0 Å². The van der Waals surface area contributed by atoms with E-state index in [1.165, 1.54) is 49.7 Å². The van der Waals surface area contributed by atoms with E-state index in [1.807, 2.05) is 34.6 Å². The third-order valence-electron chi connectivity index (χ3n) is 5.89. The van der Waals surface area contributed by atoms with Gasteiger partial charge >= 0.3 is 6.09 Å². The summed E-state index contributed by atoms with van der Waals surface area (Å²) in [6.45, 7) is 12.4. The number of nitrogens with one attached hydrogen (secondary N) is 1. The van der Waals surface area contributed by atoms with E-state index in [-0.39, 0.29) is 0 Å². The Labute approximate surface area is 195 Å². The van der Waals surface area contributed by atoms with Crippen LogP contribution < -0.4 is 5.32 Å². The number of carbonyl (C=O) groups excluding carboxylic acids is 1. The first-order valence-electron chi connectivity index (χ1n) is 12.4. The molecule has 1 aliphatic rings. The highest BCUT2D eigenvalue weighted by atomic mass is 16.7. The van der Waals surface area contributed by atoms with Gasteiger partial charge in [-0.3, -0.25) is 0 Å². The van der Waals surface area contributed by atoms with Gasteiger partial charge in [-0.05, 0) is 71.4 Å². The van der Waals surface area contributed by atoms with E-state index >= 15 is 0 Å². The number of aryl methyl sites for hydroxylation is 2. The van der Waals surface area contributed by atoms with E-state index in [0.717, 1.165) is 19.3 Å². The number of hydrogen-bond donors (Lipinski definition) is 1. The number of unbranched alkanes of at least 4 members (excludes halogenated alkanes) is 5. The van der Waals surface area contributed by atoms with Crippen LogP contribution in [0.4, 0.5) is 4.79 Å². The SMILES string of the molecule is CCCCCCCCc1ccc(CCC2(NC(=O)OC(C)(C)C)COC(C)(C)OC2)cc1. The van der Waals surface area contributed by atoms with E-state index in [1.54, 1.807) is 0 Å². The van der Waals surface area contributed by atoms with Crippen LogP contribution >= 0.6 is 0 Å². The first kappa shape index (κ1) is 26.7. The zero-order chi connectivity index (χ0) is 23.7. The summed E-state index contributed by atoms with van der Waals surface area (Å²) in [4.78, 5) is 12.5. The molecule has 0 atom stereocenters. The molecule has 0 unspecified atom stereocenters. The Kier molecular flexibility index (Phi) is 10.0. The van der Waals surface area contributed by atoms with Crippen LogP contribution in [0.2, 0.25) is 0 Å². The van der Waals surface area contributed by atoms with Crippen LogP contribution in [0.15, 0.2) is 24.3 Å². The lowest BCUT2D eigenvalue weighted by molar-refractivity contribution is -0.271. The Morgan fingerprint density at radius 1 is 0.938 bits per heavy atom. The predicted molar refractivity (Wildman–Crippen MR) is 130 cm³/mol. The molecule has 5 heteroatoms. The van der Waals surface area contributed by atoms with Crippen LogP contribution in [-0.2, 0) is 27.1 Å². The molecule has 1 N–H and O–H groups in total. The van der Waals surface area contributed by atoms with Crippen molar-refractivity contribution in [2.75, 3.05) is 13.2 Å². The molecule has 1 aromatic carbocycles. The molecule has 32 heavy (non-hydrogen) atoms. The summed E-state index contributed by atoms with van der Waals surface area (Å²) in [6, 6.07) is 8.91. The van der Waals surface area contributed by atoms with Gasteiger partial charge in [-0.25, -0.2) is 4.79 Å². The Morgan fingerprint density at radius 2 is 1.47 bits per heavy atom. The van der Waals surface area contributed by atoms with Crippen LogP contribution in [-0.4, -0.2) is 36.2 Å². The second kappa shape index (κ2) is 12.0. The maximum absolute atomic E-state index is 12.5. The number of benzene rings is 1. The molecule has 0 bridgehead atoms. The highest BCUT2D eigenvalue weighted by Crippen LogP contribution is 2.28. The predicted octanol–water partition coefficient (Wildman–Crippen LogP) is 6.57. The normalized spacial score (nSPS) is 17.7. The fourth-order valence-electron chi connectivity index (χ4n) is 3.87. The topological polar surface area (TPSA) is 56.8 Å². The van der Waals surface area contributed by atoms with Crippen molar-refractivity contribution in [1.82, 2.24) is 5.32 Å². The van der Waals surface area contributed by atoms with Gasteiger partial charge in [0.15, 0.2) is 5.79 Å². The van der Waals surface area contributed by atoms with Crippen LogP contribution in [0.5, 0.6) is 0 Å².